The second kappa shape index (κ2) is 5.36. The molecule has 0 aliphatic carbocycles. The molecule has 0 saturated carbocycles. The topological polar surface area (TPSA) is 19.4 Å². The fourth-order valence-electron chi connectivity index (χ4n) is 2.31. The van der Waals surface area contributed by atoms with Crippen molar-refractivity contribution in [2.45, 2.75) is 25.8 Å². The van der Waals surface area contributed by atoms with Crippen LogP contribution in [0.3, 0.4) is 0 Å². The molecule has 94 valence electrons. The zero-order chi connectivity index (χ0) is 12.4. The van der Waals surface area contributed by atoms with E-state index in [1.807, 2.05) is 6.20 Å². The molecule has 4 heteroatoms. The Morgan fingerprint density at radius 2 is 2.00 bits per heavy atom. The SMILES string of the molecule is Cc1cc(N2CCC(N(C)C)CC2)ncc1Br. The number of piperidine rings is 1. The highest BCUT2D eigenvalue weighted by molar-refractivity contribution is 9.10. The Morgan fingerprint density at radius 1 is 1.35 bits per heavy atom. The van der Waals surface area contributed by atoms with E-state index in [1.165, 1.54) is 18.4 Å². The van der Waals surface area contributed by atoms with Crippen LogP contribution in [0.5, 0.6) is 0 Å². The van der Waals surface area contributed by atoms with Crippen LogP contribution in [0.4, 0.5) is 5.82 Å². The number of hydrogen-bond donors (Lipinski definition) is 0. The first-order chi connectivity index (χ1) is 8.08. The van der Waals surface area contributed by atoms with Gasteiger partial charge in [0.2, 0.25) is 0 Å². The van der Waals surface area contributed by atoms with Gasteiger partial charge >= 0.3 is 0 Å². The molecule has 1 saturated heterocycles. The zero-order valence-corrected chi connectivity index (χ0v) is 12.4. The molecule has 0 radical (unpaired) electrons. The molecule has 0 amide bonds. The third-order valence-electron chi connectivity index (χ3n) is 3.55. The molecule has 1 aliphatic rings. The van der Waals surface area contributed by atoms with Gasteiger partial charge in [0, 0.05) is 29.8 Å². The van der Waals surface area contributed by atoms with Crippen LogP contribution in [0.25, 0.3) is 0 Å². The minimum absolute atomic E-state index is 0.725. The molecule has 0 bridgehead atoms. The summed E-state index contributed by atoms with van der Waals surface area (Å²) in [5.41, 5.74) is 1.25. The monoisotopic (exact) mass is 297 g/mol. The molecule has 2 heterocycles. The summed E-state index contributed by atoms with van der Waals surface area (Å²) in [4.78, 5) is 9.22. The van der Waals surface area contributed by atoms with Gasteiger partial charge in [-0.15, -0.1) is 0 Å². The Kier molecular flexibility index (Phi) is 4.05. The van der Waals surface area contributed by atoms with Gasteiger partial charge in [0.15, 0.2) is 0 Å². The van der Waals surface area contributed by atoms with Crippen LogP contribution < -0.4 is 4.90 Å². The van der Waals surface area contributed by atoms with E-state index in [0.29, 0.717) is 0 Å². The van der Waals surface area contributed by atoms with E-state index in [1.54, 1.807) is 0 Å². The summed E-state index contributed by atoms with van der Waals surface area (Å²) in [7, 11) is 4.34. The van der Waals surface area contributed by atoms with Crippen molar-refractivity contribution in [2.75, 3.05) is 32.1 Å². The van der Waals surface area contributed by atoms with Crippen molar-refractivity contribution in [2.24, 2.45) is 0 Å². The zero-order valence-electron chi connectivity index (χ0n) is 10.8. The molecule has 2 rings (SSSR count). The van der Waals surface area contributed by atoms with E-state index < -0.39 is 0 Å². The van der Waals surface area contributed by atoms with E-state index in [9.17, 15) is 0 Å². The van der Waals surface area contributed by atoms with E-state index in [-0.39, 0.29) is 0 Å². The molecule has 0 N–H and O–H groups in total. The number of pyridine rings is 1. The lowest BCUT2D eigenvalue weighted by molar-refractivity contribution is 0.249. The molecular weight excluding hydrogens is 278 g/mol. The molecule has 0 aromatic carbocycles. The second-order valence-corrected chi connectivity index (χ2v) is 5.83. The Balaban J connectivity index is 2.03. The largest absolute Gasteiger partial charge is 0.356 e. The van der Waals surface area contributed by atoms with Crippen molar-refractivity contribution in [3.8, 4) is 0 Å². The molecule has 0 atom stereocenters. The summed E-state index contributed by atoms with van der Waals surface area (Å²) in [5, 5.41) is 0. The lowest BCUT2D eigenvalue weighted by atomic mass is 10.0. The maximum atomic E-state index is 4.50. The lowest BCUT2D eigenvalue weighted by Crippen LogP contribution is -2.42. The minimum atomic E-state index is 0.725. The van der Waals surface area contributed by atoms with Crippen molar-refractivity contribution in [1.82, 2.24) is 9.88 Å². The Labute approximate surface area is 112 Å². The summed E-state index contributed by atoms with van der Waals surface area (Å²) in [5.74, 6) is 1.11. The molecular formula is C13H20BrN3. The fraction of sp³-hybridized carbons (Fsp3) is 0.615. The molecule has 1 aromatic heterocycles. The third-order valence-corrected chi connectivity index (χ3v) is 4.38. The van der Waals surface area contributed by atoms with Crippen molar-refractivity contribution < 1.29 is 0 Å². The Hall–Kier alpha value is -0.610. The predicted molar refractivity (Wildman–Crippen MR) is 75.6 cm³/mol. The standard InChI is InChI=1S/C13H20BrN3/c1-10-8-13(15-9-12(10)14)17-6-4-11(5-7-17)16(2)3/h8-9,11H,4-7H2,1-3H3. The fourth-order valence-corrected chi connectivity index (χ4v) is 2.53. The lowest BCUT2D eigenvalue weighted by Gasteiger charge is -2.35. The van der Waals surface area contributed by atoms with Crippen LogP contribution >= 0.6 is 15.9 Å². The number of aromatic nitrogens is 1. The average molecular weight is 298 g/mol. The van der Waals surface area contributed by atoms with Crippen LogP contribution in [0.2, 0.25) is 0 Å². The Bertz CT molecular complexity index is 384. The highest BCUT2D eigenvalue weighted by Crippen LogP contribution is 2.23. The predicted octanol–water partition coefficient (Wildman–Crippen LogP) is 2.68. The summed E-state index contributed by atoms with van der Waals surface area (Å²) in [6.07, 6.45) is 4.36. The van der Waals surface area contributed by atoms with Gasteiger partial charge in [-0.1, -0.05) is 0 Å². The highest BCUT2D eigenvalue weighted by Gasteiger charge is 2.21. The number of nitrogens with zero attached hydrogens (tertiary/aromatic N) is 3. The van der Waals surface area contributed by atoms with Gasteiger partial charge in [0.25, 0.3) is 0 Å². The van der Waals surface area contributed by atoms with Crippen LogP contribution in [0.15, 0.2) is 16.7 Å². The molecule has 17 heavy (non-hydrogen) atoms. The average Bonchev–Trinajstić information content (AvgIpc) is 2.33. The van der Waals surface area contributed by atoms with Gasteiger partial charge in [-0.05, 0) is 61.4 Å². The van der Waals surface area contributed by atoms with E-state index >= 15 is 0 Å². The van der Waals surface area contributed by atoms with Gasteiger partial charge in [-0.25, -0.2) is 4.98 Å². The van der Waals surface area contributed by atoms with Crippen molar-refractivity contribution in [1.29, 1.82) is 0 Å². The smallest absolute Gasteiger partial charge is 0.128 e. The van der Waals surface area contributed by atoms with Crippen LogP contribution in [-0.2, 0) is 0 Å². The van der Waals surface area contributed by atoms with Crippen LogP contribution in [-0.4, -0.2) is 43.1 Å². The first kappa shape index (κ1) is 12.8. The number of aryl methyl sites for hydroxylation is 1. The summed E-state index contributed by atoms with van der Waals surface area (Å²) in [6.45, 7) is 4.33. The number of anilines is 1. The van der Waals surface area contributed by atoms with E-state index in [0.717, 1.165) is 29.4 Å². The molecule has 0 spiro atoms. The Morgan fingerprint density at radius 3 is 2.53 bits per heavy atom. The molecule has 3 nitrogen and oxygen atoms in total. The van der Waals surface area contributed by atoms with Crippen LogP contribution in [0.1, 0.15) is 18.4 Å². The van der Waals surface area contributed by atoms with Gasteiger partial charge in [0.05, 0.1) is 0 Å². The second-order valence-electron chi connectivity index (χ2n) is 4.97. The quantitative estimate of drug-likeness (QED) is 0.837. The molecule has 1 aromatic rings. The van der Waals surface area contributed by atoms with E-state index in [4.69, 9.17) is 0 Å². The van der Waals surface area contributed by atoms with E-state index in [2.05, 4.69) is 57.8 Å². The number of rotatable bonds is 2. The van der Waals surface area contributed by atoms with Gasteiger partial charge < -0.3 is 9.80 Å². The maximum Gasteiger partial charge on any atom is 0.128 e. The number of halogens is 1. The number of hydrogen-bond acceptors (Lipinski definition) is 3. The van der Waals surface area contributed by atoms with Gasteiger partial charge in [0.1, 0.15) is 5.82 Å². The molecule has 1 aliphatic heterocycles. The highest BCUT2D eigenvalue weighted by atomic mass is 79.9. The first-order valence-corrected chi connectivity index (χ1v) is 6.90. The van der Waals surface area contributed by atoms with Crippen molar-refractivity contribution >= 4 is 21.7 Å². The van der Waals surface area contributed by atoms with Crippen molar-refractivity contribution in [3.63, 3.8) is 0 Å². The summed E-state index contributed by atoms with van der Waals surface area (Å²) < 4.78 is 1.09. The summed E-state index contributed by atoms with van der Waals surface area (Å²) in [6, 6.07) is 2.89. The van der Waals surface area contributed by atoms with Crippen molar-refractivity contribution in [3.05, 3.63) is 22.3 Å². The van der Waals surface area contributed by atoms with Gasteiger partial charge in [-0.2, -0.15) is 0 Å². The van der Waals surface area contributed by atoms with Gasteiger partial charge in [-0.3, -0.25) is 0 Å². The maximum absolute atomic E-state index is 4.50. The molecule has 1 fully saturated rings. The molecule has 0 unspecified atom stereocenters. The van der Waals surface area contributed by atoms with Crippen LogP contribution in [0, 0.1) is 6.92 Å². The first-order valence-electron chi connectivity index (χ1n) is 6.11. The minimum Gasteiger partial charge on any atom is -0.356 e. The summed E-state index contributed by atoms with van der Waals surface area (Å²) >= 11 is 3.49. The third kappa shape index (κ3) is 2.99. The normalized spacial score (nSPS) is 17.8.